The van der Waals surface area contributed by atoms with E-state index in [4.69, 9.17) is 5.73 Å². The minimum atomic E-state index is -4.42. The highest BCUT2D eigenvalue weighted by molar-refractivity contribution is 5.98. The van der Waals surface area contributed by atoms with E-state index in [2.05, 4.69) is 15.0 Å². The molecule has 1 saturated carbocycles. The highest BCUT2D eigenvalue weighted by Crippen LogP contribution is 2.38. The Balaban J connectivity index is 1.91. The lowest BCUT2D eigenvalue weighted by molar-refractivity contribution is -0.154. The minimum Gasteiger partial charge on any atom is -0.468 e. The van der Waals surface area contributed by atoms with Gasteiger partial charge < -0.3 is 15.8 Å². The largest absolute Gasteiger partial charge is 0.468 e. The van der Waals surface area contributed by atoms with Gasteiger partial charge in [0.05, 0.1) is 17.4 Å². The van der Waals surface area contributed by atoms with Gasteiger partial charge in [-0.25, -0.2) is 4.98 Å². The maximum atomic E-state index is 12.0. The Hall–Kier alpha value is -1.83. The second kappa shape index (κ2) is 5.51. The molecule has 21 heavy (non-hydrogen) atoms. The smallest absolute Gasteiger partial charge is 0.422 e. The molecular weight excluding hydrogens is 287 g/mol. The van der Waals surface area contributed by atoms with Crippen LogP contribution in [0.3, 0.4) is 0 Å². The second-order valence-corrected chi connectivity index (χ2v) is 5.30. The van der Waals surface area contributed by atoms with Gasteiger partial charge in [0, 0.05) is 6.07 Å². The Labute approximate surface area is 119 Å². The lowest BCUT2D eigenvalue weighted by atomic mass is 9.96. The van der Waals surface area contributed by atoms with Gasteiger partial charge in [-0.3, -0.25) is 4.79 Å². The topological polar surface area (TPSA) is 77.2 Å². The number of nitrogens with zero attached hydrogens (tertiary/aromatic N) is 1. The zero-order valence-electron chi connectivity index (χ0n) is 11.4. The predicted octanol–water partition coefficient (Wildman–Crippen LogP) is 2.09. The van der Waals surface area contributed by atoms with Gasteiger partial charge in [-0.15, -0.1) is 0 Å². The zero-order valence-corrected chi connectivity index (χ0v) is 11.4. The normalized spacial score (nSPS) is 18.0. The molecule has 1 aliphatic carbocycles. The van der Waals surface area contributed by atoms with Crippen LogP contribution < -0.4 is 15.8 Å². The highest BCUT2D eigenvalue weighted by atomic mass is 19.4. The summed E-state index contributed by atoms with van der Waals surface area (Å²) in [7, 11) is 0. The quantitative estimate of drug-likeness (QED) is 0.873. The first-order chi connectivity index (χ1) is 9.68. The number of hydrogen-bond acceptors (Lipinski definition) is 4. The van der Waals surface area contributed by atoms with Gasteiger partial charge >= 0.3 is 6.18 Å². The van der Waals surface area contributed by atoms with Crippen molar-refractivity contribution in [2.24, 2.45) is 11.7 Å². The van der Waals surface area contributed by atoms with Crippen LogP contribution in [0.25, 0.3) is 0 Å². The van der Waals surface area contributed by atoms with E-state index < -0.39 is 18.3 Å². The van der Waals surface area contributed by atoms with E-state index in [0.29, 0.717) is 5.69 Å². The average molecular weight is 303 g/mol. The molecule has 5 nitrogen and oxygen atoms in total. The van der Waals surface area contributed by atoms with Gasteiger partial charge in [-0.2, -0.15) is 13.2 Å². The van der Waals surface area contributed by atoms with Crippen LogP contribution in [-0.4, -0.2) is 29.2 Å². The van der Waals surface area contributed by atoms with Crippen LogP contribution in [0.1, 0.15) is 19.8 Å². The molecule has 1 heterocycles. The molecule has 2 rings (SSSR count). The lowest BCUT2D eigenvalue weighted by Gasteiger charge is -2.23. The van der Waals surface area contributed by atoms with Gasteiger partial charge in [0.2, 0.25) is 11.8 Å². The van der Waals surface area contributed by atoms with Crippen LogP contribution in [0.4, 0.5) is 18.9 Å². The van der Waals surface area contributed by atoms with Crippen molar-refractivity contribution in [1.29, 1.82) is 0 Å². The second-order valence-electron chi connectivity index (χ2n) is 5.30. The number of halogens is 3. The Kier molecular flexibility index (Phi) is 4.08. The summed E-state index contributed by atoms with van der Waals surface area (Å²) in [5.74, 6) is -0.335. The fourth-order valence-corrected chi connectivity index (χ4v) is 1.83. The van der Waals surface area contributed by atoms with Crippen molar-refractivity contribution in [2.45, 2.75) is 31.5 Å². The molecule has 1 aliphatic rings. The highest BCUT2D eigenvalue weighted by Gasteiger charge is 2.44. The molecule has 0 bridgehead atoms. The Bertz CT molecular complexity index is 510. The molecule has 116 valence electrons. The number of rotatable bonds is 5. The van der Waals surface area contributed by atoms with Crippen LogP contribution in [-0.2, 0) is 4.79 Å². The van der Waals surface area contributed by atoms with Crippen LogP contribution in [0.2, 0.25) is 0 Å². The van der Waals surface area contributed by atoms with E-state index in [9.17, 15) is 18.0 Å². The van der Waals surface area contributed by atoms with Crippen molar-refractivity contribution in [1.82, 2.24) is 4.98 Å². The number of carbonyl (C=O) groups excluding carboxylic acids is 1. The summed E-state index contributed by atoms with van der Waals surface area (Å²) in [6.07, 6.45) is -1.35. The number of amides is 1. The predicted molar refractivity (Wildman–Crippen MR) is 69.7 cm³/mol. The third-order valence-electron chi connectivity index (χ3n) is 3.29. The maximum absolute atomic E-state index is 12.0. The summed E-state index contributed by atoms with van der Waals surface area (Å²) >= 11 is 0. The molecule has 1 amide bonds. The van der Waals surface area contributed by atoms with E-state index in [1.165, 1.54) is 18.3 Å². The summed E-state index contributed by atoms with van der Waals surface area (Å²) in [6.45, 7) is 0.252. The van der Waals surface area contributed by atoms with Crippen molar-refractivity contribution < 1.29 is 22.7 Å². The Morgan fingerprint density at radius 2 is 2.14 bits per heavy atom. The number of hydrogen-bond donors (Lipinski definition) is 2. The monoisotopic (exact) mass is 303 g/mol. The first kappa shape index (κ1) is 15.6. The molecule has 3 N–H and O–H groups in total. The number of carbonyl (C=O) groups is 1. The minimum absolute atomic E-state index is 0.164. The molecule has 0 radical (unpaired) electrons. The first-order valence-electron chi connectivity index (χ1n) is 6.44. The van der Waals surface area contributed by atoms with Crippen LogP contribution in [0.5, 0.6) is 5.88 Å². The number of alkyl halides is 3. The third kappa shape index (κ3) is 4.32. The number of aromatic nitrogens is 1. The Morgan fingerprint density at radius 1 is 1.48 bits per heavy atom. The molecule has 1 atom stereocenters. The molecule has 0 aromatic carbocycles. The summed E-state index contributed by atoms with van der Waals surface area (Å²) in [4.78, 5) is 15.7. The summed E-state index contributed by atoms with van der Waals surface area (Å²) in [5.41, 5.74) is 5.36. The van der Waals surface area contributed by atoms with Gasteiger partial charge in [0.15, 0.2) is 6.61 Å². The molecule has 0 saturated heterocycles. The number of pyridine rings is 1. The SMILES string of the molecule is CC(N)(C(=O)Nc1ccc(OCC(F)(F)F)nc1)C1CC1. The molecular formula is C13H16F3N3O2. The number of ether oxygens (including phenoxy) is 1. The van der Waals surface area contributed by atoms with Gasteiger partial charge in [0.25, 0.3) is 0 Å². The summed E-state index contributed by atoms with van der Waals surface area (Å²) < 4.78 is 40.4. The fraction of sp³-hybridized carbons (Fsp3) is 0.538. The molecule has 0 spiro atoms. The van der Waals surface area contributed by atoms with Crippen LogP contribution in [0, 0.1) is 5.92 Å². The maximum Gasteiger partial charge on any atom is 0.422 e. The number of nitrogens with one attached hydrogen (secondary N) is 1. The van der Waals surface area contributed by atoms with E-state index in [-0.39, 0.29) is 17.7 Å². The van der Waals surface area contributed by atoms with Gasteiger partial charge in [-0.05, 0) is 31.7 Å². The lowest BCUT2D eigenvalue weighted by Crippen LogP contribution is -2.50. The molecule has 1 aromatic rings. The summed E-state index contributed by atoms with van der Waals surface area (Å²) in [5, 5.41) is 2.60. The average Bonchev–Trinajstić information content (AvgIpc) is 3.21. The number of nitrogens with two attached hydrogens (primary N) is 1. The zero-order chi connectivity index (χ0) is 15.7. The summed E-state index contributed by atoms with van der Waals surface area (Å²) in [6, 6.07) is 2.67. The molecule has 8 heteroatoms. The molecule has 1 aromatic heterocycles. The van der Waals surface area contributed by atoms with Crippen molar-refractivity contribution in [3.63, 3.8) is 0 Å². The third-order valence-corrected chi connectivity index (χ3v) is 3.29. The van der Waals surface area contributed by atoms with E-state index in [1.54, 1.807) is 6.92 Å². The van der Waals surface area contributed by atoms with Crippen molar-refractivity contribution in [3.8, 4) is 5.88 Å². The number of anilines is 1. The van der Waals surface area contributed by atoms with Gasteiger partial charge in [-0.1, -0.05) is 0 Å². The fourth-order valence-electron chi connectivity index (χ4n) is 1.83. The van der Waals surface area contributed by atoms with E-state index in [1.807, 2.05) is 0 Å². The molecule has 1 fully saturated rings. The molecule has 0 aliphatic heterocycles. The van der Waals surface area contributed by atoms with E-state index >= 15 is 0 Å². The Morgan fingerprint density at radius 3 is 2.62 bits per heavy atom. The molecule has 1 unspecified atom stereocenters. The van der Waals surface area contributed by atoms with Crippen molar-refractivity contribution >= 4 is 11.6 Å². The standard InChI is InChI=1S/C13H16F3N3O2/c1-12(17,8-2-3-8)11(20)19-9-4-5-10(18-6-9)21-7-13(14,15)16/h4-6,8H,2-3,7,17H2,1H3,(H,19,20). The van der Waals surface area contributed by atoms with Gasteiger partial charge in [0.1, 0.15) is 0 Å². The van der Waals surface area contributed by atoms with Crippen LogP contribution in [0.15, 0.2) is 18.3 Å². The van der Waals surface area contributed by atoms with Crippen molar-refractivity contribution in [2.75, 3.05) is 11.9 Å². The van der Waals surface area contributed by atoms with E-state index in [0.717, 1.165) is 12.8 Å². The van der Waals surface area contributed by atoms with Crippen LogP contribution >= 0.6 is 0 Å². The first-order valence-corrected chi connectivity index (χ1v) is 6.44. The van der Waals surface area contributed by atoms with Crippen molar-refractivity contribution in [3.05, 3.63) is 18.3 Å².